The third kappa shape index (κ3) is 1.88. The molecular weight excluding hydrogens is 202 g/mol. The molecule has 0 heterocycles. The Kier molecular flexibility index (Phi) is 2.60. The van der Waals surface area contributed by atoms with Gasteiger partial charge in [-0.25, -0.2) is 4.79 Å². The van der Waals surface area contributed by atoms with E-state index in [0.717, 1.165) is 5.56 Å². The highest BCUT2D eigenvalue weighted by atomic mass is 16.4. The van der Waals surface area contributed by atoms with Crippen LogP contribution in [-0.2, 0) is 0 Å². The van der Waals surface area contributed by atoms with Gasteiger partial charge in [-0.05, 0) is 35.4 Å². The molecule has 3 nitrogen and oxygen atoms in total. The first-order valence-corrected chi connectivity index (χ1v) is 4.78. The lowest BCUT2D eigenvalue weighted by atomic mass is 9.99. The summed E-state index contributed by atoms with van der Waals surface area (Å²) in [5, 5.41) is 9.05. The second-order valence-electron chi connectivity index (χ2n) is 3.40. The molecule has 0 unspecified atom stereocenters. The van der Waals surface area contributed by atoms with Crippen molar-refractivity contribution in [1.29, 1.82) is 0 Å². The molecule has 0 aliphatic heterocycles. The predicted octanol–water partition coefficient (Wildman–Crippen LogP) is 2.43. The van der Waals surface area contributed by atoms with Gasteiger partial charge in [-0.2, -0.15) is 0 Å². The van der Waals surface area contributed by atoms with Crippen LogP contribution < -0.4 is 5.73 Å². The van der Waals surface area contributed by atoms with Crippen molar-refractivity contribution in [2.24, 2.45) is 0 Å². The minimum atomic E-state index is -0.964. The molecule has 3 heteroatoms. The topological polar surface area (TPSA) is 63.3 Å². The maximum Gasteiger partial charge on any atom is 0.336 e. The number of hydrogen-bond donors (Lipinski definition) is 2. The van der Waals surface area contributed by atoms with Gasteiger partial charge in [0.2, 0.25) is 0 Å². The lowest BCUT2D eigenvalue weighted by molar-refractivity contribution is 0.0697. The summed E-state index contributed by atoms with van der Waals surface area (Å²) in [6.45, 7) is 0. The van der Waals surface area contributed by atoms with Gasteiger partial charge in [-0.15, -0.1) is 0 Å². The Morgan fingerprint density at radius 3 is 2.81 bits per heavy atom. The molecule has 2 rings (SSSR count). The smallest absolute Gasteiger partial charge is 0.336 e. The first kappa shape index (κ1) is 10.2. The molecule has 0 fully saturated rings. The summed E-state index contributed by atoms with van der Waals surface area (Å²) in [7, 11) is 0. The zero-order valence-corrected chi connectivity index (χ0v) is 8.47. The van der Waals surface area contributed by atoms with Crippen molar-refractivity contribution in [3.8, 4) is 11.1 Å². The number of carboxylic acids is 1. The van der Waals surface area contributed by atoms with E-state index in [1.165, 1.54) is 6.07 Å². The summed E-state index contributed by atoms with van der Waals surface area (Å²) >= 11 is 0. The molecule has 2 aromatic rings. The maximum atomic E-state index is 11.0. The number of nitrogens with two attached hydrogens (primary N) is 1. The highest BCUT2D eigenvalue weighted by Crippen LogP contribution is 2.24. The molecule has 0 spiro atoms. The van der Waals surface area contributed by atoms with E-state index >= 15 is 0 Å². The van der Waals surface area contributed by atoms with Crippen molar-refractivity contribution < 1.29 is 9.90 Å². The van der Waals surface area contributed by atoms with E-state index in [1.54, 1.807) is 30.3 Å². The SMILES string of the molecule is Nc1cccc(-c2cc[c]cc2C(=O)O)c1. The summed E-state index contributed by atoms with van der Waals surface area (Å²) in [5.74, 6) is -0.964. The number of aromatic carboxylic acids is 1. The number of carboxylic acid groups (broad SMARTS) is 1. The number of nitrogen functional groups attached to an aromatic ring is 1. The van der Waals surface area contributed by atoms with E-state index < -0.39 is 5.97 Å². The third-order valence-electron chi connectivity index (χ3n) is 2.29. The van der Waals surface area contributed by atoms with E-state index in [9.17, 15) is 4.79 Å². The van der Waals surface area contributed by atoms with Crippen LogP contribution in [0.15, 0.2) is 42.5 Å². The van der Waals surface area contributed by atoms with E-state index in [1.807, 2.05) is 6.07 Å². The molecule has 2 aromatic carbocycles. The summed E-state index contributed by atoms with van der Waals surface area (Å²) in [6, 6.07) is 14.8. The van der Waals surface area contributed by atoms with Crippen LogP contribution in [0.25, 0.3) is 11.1 Å². The standard InChI is InChI=1S/C13H10NO2/c14-10-5-3-4-9(8-10)11-6-1-2-7-12(11)13(15)16/h1,3-8H,14H2,(H,15,16). The number of carbonyl (C=O) groups is 1. The zero-order valence-electron chi connectivity index (χ0n) is 8.47. The molecule has 1 radical (unpaired) electrons. The number of hydrogen-bond acceptors (Lipinski definition) is 2. The second-order valence-corrected chi connectivity index (χ2v) is 3.40. The molecular formula is C13H10NO2. The Bertz CT molecular complexity index is 535. The highest BCUT2D eigenvalue weighted by Gasteiger charge is 2.10. The molecule has 0 aliphatic rings. The van der Waals surface area contributed by atoms with Crippen LogP contribution in [0.1, 0.15) is 10.4 Å². The van der Waals surface area contributed by atoms with E-state index in [4.69, 9.17) is 10.8 Å². The van der Waals surface area contributed by atoms with E-state index in [0.29, 0.717) is 11.3 Å². The normalized spacial score (nSPS) is 10.0. The number of benzene rings is 2. The number of anilines is 1. The van der Waals surface area contributed by atoms with Crippen molar-refractivity contribution in [2.45, 2.75) is 0 Å². The monoisotopic (exact) mass is 212 g/mol. The van der Waals surface area contributed by atoms with Gasteiger partial charge in [0.1, 0.15) is 0 Å². The van der Waals surface area contributed by atoms with Gasteiger partial charge in [-0.3, -0.25) is 0 Å². The Morgan fingerprint density at radius 2 is 2.12 bits per heavy atom. The first-order chi connectivity index (χ1) is 7.68. The molecule has 0 saturated heterocycles. The largest absolute Gasteiger partial charge is 0.478 e. The fraction of sp³-hybridized carbons (Fsp3) is 0. The highest BCUT2D eigenvalue weighted by molar-refractivity contribution is 5.96. The first-order valence-electron chi connectivity index (χ1n) is 4.78. The van der Waals surface area contributed by atoms with Crippen molar-refractivity contribution >= 4 is 11.7 Å². The molecule has 3 N–H and O–H groups in total. The van der Waals surface area contributed by atoms with Gasteiger partial charge >= 0.3 is 5.97 Å². The van der Waals surface area contributed by atoms with Gasteiger partial charge in [0, 0.05) is 5.69 Å². The van der Waals surface area contributed by atoms with Gasteiger partial charge in [-0.1, -0.05) is 24.3 Å². The minimum absolute atomic E-state index is 0.230. The molecule has 0 saturated carbocycles. The Labute approximate surface area is 93.1 Å². The zero-order chi connectivity index (χ0) is 11.5. The molecule has 0 amide bonds. The van der Waals surface area contributed by atoms with Crippen LogP contribution in [0, 0.1) is 6.07 Å². The molecule has 0 aromatic heterocycles. The fourth-order valence-corrected chi connectivity index (χ4v) is 1.57. The molecule has 0 aliphatic carbocycles. The lowest BCUT2D eigenvalue weighted by Gasteiger charge is -2.06. The summed E-state index contributed by atoms with van der Waals surface area (Å²) in [6.07, 6.45) is 0. The van der Waals surface area contributed by atoms with Crippen molar-refractivity contribution in [2.75, 3.05) is 5.73 Å². The van der Waals surface area contributed by atoms with E-state index in [-0.39, 0.29) is 5.56 Å². The quantitative estimate of drug-likeness (QED) is 0.751. The van der Waals surface area contributed by atoms with Gasteiger partial charge in [0.15, 0.2) is 0 Å². The van der Waals surface area contributed by atoms with Gasteiger partial charge < -0.3 is 10.8 Å². The molecule has 79 valence electrons. The minimum Gasteiger partial charge on any atom is -0.478 e. The summed E-state index contributed by atoms with van der Waals surface area (Å²) in [5.41, 5.74) is 7.96. The summed E-state index contributed by atoms with van der Waals surface area (Å²) < 4.78 is 0. The fourth-order valence-electron chi connectivity index (χ4n) is 1.57. The van der Waals surface area contributed by atoms with Gasteiger partial charge in [0.25, 0.3) is 0 Å². The molecule has 16 heavy (non-hydrogen) atoms. The Morgan fingerprint density at radius 1 is 1.31 bits per heavy atom. The van der Waals surface area contributed by atoms with Crippen LogP contribution >= 0.6 is 0 Å². The third-order valence-corrected chi connectivity index (χ3v) is 2.29. The van der Waals surface area contributed by atoms with Crippen LogP contribution in [0.3, 0.4) is 0 Å². The predicted molar refractivity (Wildman–Crippen MR) is 62.1 cm³/mol. The maximum absolute atomic E-state index is 11.0. The average Bonchev–Trinajstić information content (AvgIpc) is 2.29. The summed E-state index contributed by atoms with van der Waals surface area (Å²) in [4.78, 5) is 11.0. The Hall–Kier alpha value is -2.29. The van der Waals surface area contributed by atoms with Crippen molar-refractivity contribution in [1.82, 2.24) is 0 Å². The van der Waals surface area contributed by atoms with Crippen LogP contribution in [0.2, 0.25) is 0 Å². The van der Waals surface area contributed by atoms with Crippen molar-refractivity contribution in [3.63, 3.8) is 0 Å². The van der Waals surface area contributed by atoms with E-state index in [2.05, 4.69) is 6.07 Å². The van der Waals surface area contributed by atoms with Crippen LogP contribution in [-0.4, -0.2) is 11.1 Å². The lowest BCUT2D eigenvalue weighted by Crippen LogP contribution is -1.99. The average molecular weight is 212 g/mol. The molecule has 0 bridgehead atoms. The Balaban J connectivity index is 2.60. The van der Waals surface area contributed by atoms with Crippen LogP contribution in [0.5, 0.6) is 0 Å². The van der Waals surface area contributed by atoms with Gasteiger partial charge in [0.05, 0.1) is 5.56 Å². The molecule has 0 atom stereocenters. The second kappa shape index (κ2) is 4.06. The van der Waals surface area contributed by atoms with Crippen molar-refractivity contribution in [3.05, 3.63) is 54.1 Å². The van der Waals surface area contributed by atoms with Crippen LogP contribution in [0.4, 0.5) is 5.69 Å². The number of rotatable bonds is 2.